The third-order valence-electron chi connectivity index (χ3n) is 3.13. The Morgan fingerprint density at radius 1 is 1.42 bits per heavy atom. The first kappa shape index (κ1) is 13.8. The highest BCUT2D eigenvalue weighted by atomic mass is 32.2. The van der Waals surface area contributed by atoms with Crippen LogP contribution in [-0.2, 0) is 10.0 Å². The average molecular weight is 285 g/mol. The average Bonchev–Trinajstić information content (AvgIpc) is 3.21. The first-order chi connectivity index (χ1) is 8.87. The first-order valence-electron chi connectivity index (χ1n) is 5.77. The zero-order chi connectivity index (χ0) is 14.2. The normalized spacial score (nSPS) is 15.5. The van der Waals surface area contributed by atoms with E-state index in [1.807, 2.05) is 0 Å². The molecule has 0 aliphatic heterocycles. The molecule has 0 amide bonds. The lowest BCUT2D eigenvalue weighted by atomic mass is 10.2. The molecule has 1 aromatic carbocycles. The molecule has 0 radical (unpaired) electrons. The molecule has 1 fully saturated rings. The number of benzene rings is 1. The Balaban J connectivity index is 2.46. The van der Waals surface area contributed by atoms with Crippen LogP contribution in [0, 0.1) is 0 Å². The van der Waals surface area contributed by atoms with Crippen molar-refractivity contribution in [3.63, 3.8) is 0 Å². The summed E-state index contributed by atoms with van der Waals surface area (Å²) < 4.78 is 31.1. The molecule has 0 saturated heterocycles. The Morgan fingerprint density at radius 3 is 2.53 bits per heavy atom. The molecule has 0 bridgehead atoms. The van der Waals surface area contributed by atoms with Crippen LogP contribution >= 0.6 is 0 Å². The molecule has 1 aliphatic rings. The van der Waals surface area contributed by atoms with E-state index in [4.69, 9.17) is 9.84 Å². The molecule has 0 atom stereocenters. The number of carboxylic acid groups (broad SMARTS) is 1. The van der Waals surface area contributed by atoms with Gasteiger partial charge in [0, 0.05) is 13.1 Å². The van der Waals surface area contributed by atoms with Crippen molar-refractivity contribution in [2.75, 3.05) is 14.2 Å². The van der Waals surface area contributed by atoms with Crippen molar-refractivity contribution in [2.45, 2.75) is 23.8 Å². The van der Waals surface area contributed by atoms with Crippen molar-refractivity contribution in [1.29, 1.82) is 0 Å². The number of nitrogens with zero attached hydrogens (tertiary/aromatic N) is 1. The maximum absolute atomic E-state index is 12.4. The smallest absolute Gasteiger partial charge is 0.335 e. The van der Waals surface area contributed by atoms with Crippen LogP contribution in [0.1, 0.15) is 23.2 Å². The first-order valence-corrected chi connectivity index (χ1v) is 7.21. The third-order valence-corrected chi connectivity index (χ3v) is 5.08. The lowest BCUT2D eigenvalue weighted by Crippen LogP contribution is -2.29. The fourth-order valence-corrected chi connectivity index (χ4v) is 3.35. The van der Waals surface area contributed by atoms with Crippen LogP contribution in [0.15, 0.2) is 23.1 Å². The van der Waals surface area contributed by atoms with Crippen LogP contribution < -0.4 is 4.74 Å². The predicted molar refractivity (Wildman–Crippen MR) is 67.9 cm³/mol. The minimum absolute atomic E-state index is 0.00519. The van der Waals surface area contributed by atoms with Gasteiger partial charge in [-0.2, -0.15) is 4.31 Å². The number of hydrogen-bond acceptors (Lipinski definition) is 4. The van der Waals surface area contributed by atoms with Gasteiger partial charge < -0.3 is 9.84 Å². The number of carbonyl (C=O) groups is 1. The summed E-state index contributed by atoms with van der Waals surface area (Å²) in [6, 6.07) is 3.79. The zero-order valence-electron chi connectivity index (χ0n) is 10.7. The van der Waals surface area contributed by atoms with Gasteiger partial charge in [-0.3, -0.25) is 0 Å². The predicted octanol–water partition coefficient (Wildman–Crippen LogP) is 1.18. The number of ether oxygens (including phenoxy) is 1. The van der Waals surface area contributed by atoms with E-state index >= 15 is 0 Å². The highest BCUT2D eigenvalue weighted by Crippen LogP contribution is 2.34. The maximum Gasteiger partial charge on any atom is 0.335 e. The Hall–Kier alpha value is -1.60. The molecular formula is C12H15NO5S. The van der Waals surface area contributed by atoms with Crippen LogP contribution in [0.4, 0.5) is 0 Å². The van der Waals surface area contributed by atoms with E-state index in [2.05, 4.69) is 0 Å². The minimum atomic E-state index is -3.65. The molecule has 2 rings (SSSR count). The number of aromatic carboxylic acids is 1. The summed E-state index contributed by atoms with van der Waals surface area (Å²) in [5.41, 5.74) is -0.00937. The summed E-state index contributed by atoms with van der Waals surface area (Å²) in [7, 11) is -0.804. The Morgan fingerprint density at radius 2 is 2.05 bits per heavy atom. The fourth-order valence-electron chi connectivity index (χ4n) is 1.80. The van der Waals surface area contributed by atoms with Gasteiger partial charge in [0.1, 0.15) is 10.6 Å². The van der Waals surface area contributed by atoms with Gasteiger partial charge in [-0.25, -0.2) is 13.2 Å². The number of methoxy groups -OCH3 is 1. The lowest BCUT2D eigenvalue weighted by molar-refractivity contribution is 0.0696. The van der Waals surface area contributed by atoms with E-state index in [-0.39, 0.29) is 22.3 Å². The summed E-state index contributed by atoms with van der Waals surface area (Å²) in [6.07, 6.45) is 1.70. The zero-order valence-corrected chi connectivity index (χ0v) is 11.5. The van der Waals surface area contributed by atoms with Crippen LogP contribution in [0.25, 0.3) is 0 Å². The van der Waals surface area contributed by atoms with Gasteiger partial charge in [0.2, 0.25) is 10.0 Å². The topological polar surface area (TPSA) is 83.9 Å². The standard InChI is InChI=1S/C12H15NO5S/c1-13(9-4-5-9)19(16,17)11-6-3-8(12(14)15)7-10(11)18-2/h3,6-7,9H,4-5H2,1-2H3,(H,14,15). The highest BCUT2D eigenvalue weighted by molar-refractivity contribution is 7.89. The second-order valence-corrected chi connectivity index (χ2v) is 6.39. The van der Waals surface area contributed by atoms with Crippen molar-refractivity contribution in [3.05, 3.63) is 23.8 Å². The second kappa shape index (κ2) is 4.82. The number of sulfonamides is 1. The van der Waals surface area contributed by atoms with Gasteiger partial charge in [0.05, 0.1) is 12.7 Å². The molecule has 1 aromatic rings. The quantitative estimate of drug-likeness (QED) is 0.878. The highest BCUT2D eigenvalue weighted by Gasteiger charge is 2.36. The van der Waals surface area contributed by atoms with E-state index in [0.29, 0.717) is 0 Å². The van der Waals surface area contributed by atoms with E-state index in [0.717, 1.165) is 12.8 Å². The van der Waals surface area contributed by atoms with Crippen molar-refractivity contribution in [1.82, 2.24) is 4.31 Å². The third kappa shape index (κ3) is 2.57. The summed E-state index contributed by atoms with van der Waals surface area (Å²) in [6.45, 7) is 0. The van der Waals surface area contributed by atoms with Crippen LogP contribution in [0.3, 0.4) is 0 Å². The van der Waals surface area contributed by atoms with Gasteiger partial charge in [-0.15, -0.1) is 0 Å². The van der Waals surface area contributed by atoms with Crippen molar-refractivity contribution >= 4 is 16.0 Å². The maximum atomic E-state index is 12.4. The molecule has 19 heavy (non-hydrogen) atoms. The Kier molecular flexibility index (Phi) is 3.51. The van der Waals surface area contributed by atoms with E-state index in [1.165, 1.54) is 36.7 Å². The van der Waals surface area contributed by atoms with Gasteiger partial charge in [-0.05, 0) is 31.0 Å². The van der Waals surface area contributed by atoms with Crippen molar-refractivity contribution in [2.24, 2.45) is 0 Å². The van der Waals surface area contributed by atoms with Crippen LogP contribution in [-0.4, -0.2) is 44.0 Å². The molecule has 104 valence electrons. The molecule has 0 spiro atoms. The van der Waals surface area contributed by atoms with Gasteiger partial charge >= 0.3 is 5.97 Å². The van der Waals surface area contributed by atoms with Crippen LogP contribution in [0.5, 0.6) is 5.75 Å². The van der Waals surface area contributed by atoms with Crippen molar-refractivity contribution in [3.8, 4) is 5.75 Å². The molecule has 0 heterocycles. The number of carboxylic acids is 1. The summed E-state index contributed by atoms with van der Waals surface area (Å²) in [5.74, 6) is -1.08. The molecule has 0 aromatic heterocycles. The molecular weight excluding hydrogens is 270 g/mol. The largest absolute Gasteiger partial charge is 0.495 e. The summed E-state index contributed by atoms with van der Waals surface area (Å²) in [5, 5.41) is 8.89. The SMILES string of the molecule is COc1cc(C(=O)O)ccc1S(=O)(=O)N(C)C1CC1. The van der Waals surface area contributed by atoms with Crippen LogP contribution in [0.2, 0.25) is 0 Å². The van der Waals surface area contributed by atoms with E-state index in [9.17, 15) is 13.2 Å². The molecule has 1 saturated carbocycles. The Labute approximate surface area is 111 Å². The molecule has 6 nitrogen and oxygen atoms in total. The number of hydrogen-bond donors (Lipinski definition) is 1. The molecule has 1 aliphatic carbocycles. The lowest BCUT2D eigenvalue weighted by Gasteiger charge is -2.18. The molecule has 1 N–H and O–H groups in total. The van der Waals surface area contributed by atoms with Crippen molar-refractivity contribution < 1.29 is 23.1 Å². The molecule has 7 heteroatoms. The van der Waals surface area contributed by atoms with Gasteiger partial charge in [0.25, 0.3) is 0 Å². The van der Waals surface area contributed by atoms with Gasteiger partial charge in [-0.1, -0.05) is 0 Å². The van der Waals surface area contributed by atoms with E-state index < -0.39 is 16.0 Å². The Bertz CT molecular complexity index is 607. The van der Waals surface area contributed by atoms with Gasteiger partial charge in [0.15, 0.2) is 0 Å². The molecule has 0 unspecified atom stereocenters. The summed E-state index contributed by atoms with van der Waals surface area (Å²) in [4.78, 5) is 10.9. The monoisotopic (exact) mass is 285 g/mol. The summed E-state index contributed by atoms with van der Waals surface area (Å²) >= 11 is 0. The number of rotatable bonds is 5. The van der Waals surface area contributed by atoms with E-state index in [1.54, 1.807) is 0 Å². The fraction of sp³-hybridized carbons (Fsp3) is 0.417. The second-order valence-electron chi connectivity index (χ2n) is 4.42. The minimum Gasteiger partial charge on any atom is -0.495 e.